The number of unbranched alkanes of at least 4 members (excludes halogenated alkanes) is 1. The van der Waals surface area contributed by atoms with Gasteiger partial charge >= 0.3 is 7.12 Å². The molecule has 0 amide bonds. The summed E-state index contributed by atoms with van der Waals surface area (Å²) in [5.41, 5.74) is 0.124. The van der Waals surface area contributed by atoms with E-state index >= 15 is 0 Å². The Labute approximate surface area is 119 Å². The minimum atomic E-state index is -2.13. The molecule has 2 nitrogen and oxygen atoms in total. The quantitative estimate of drug-likeness (QED) is 0.810. The second kappa shape index (κ2) is 6.38. The van der Waals surface area contributed by atoms with Crippen molar-refractivity contribution in [1.82, 2.24) is 0 Å². The molecule has 1 aromatic carbocycles. The van der Waals surface area contributed by atoms with Crippen LogP contribution < -0.4 is 0 Å². The molecular weight excluding hydrogens is 254 g/mol. The SMILES string of the molecule is CCCCc1ccc(C2=CC=CCC2(F)B(O)O)cc1. The number of halogens is 1. The molecule has 0 bridgehead atoms. The standard InChI is InChI=1S/C16H20BFO2/c1-2-3-6-13-8-10-14(11-9-13)15-7-4-5-12-16(15,18)17(19)20/h4-5,7-11,19-20H,2-3,6,12H2,1H3. The van der Waals surface area contributed by atoms with Gasteiger partial charge in [0.2, 0.25) is 0 Å². The zero-order chi connectivity index (χ0) is 14.6. The van der Waals surface area contributed by atoms with Gasteiger partial charge in [-0.2, -0.15) is 0 Å². The van der Waals surface area contributed by atoms with Crippen LogP contribution in [0, 0.1) is 0 Å². The first kappa shape index (κ1) is 15.0. The molecule has 4 heteroatoms. The molecule has 2 N–H and O–H groups in total. The third kappa shape index (κ3) is 3.02. The number of benzene rings is 1. The Morgan fingerprint density at radius 3 is 2.55 bits per heavy atom. The van der Waals surface area contributed by atoms with Crippen molar-refractivity contribution in [1.29, 1.82) is 0 Å². The zero-order valence-corrected chi connectivity index (χ0v) is 11.7. The lowest BCUT2D eigenvalue weighted by molar-refractivity contribution is 0.254. The first-order valence-electron chi connectivity index (χ1n) is 7.09. The second-order valence-electron chi connectivity index (χ2n) is 5.25. The summed E-state index contributed by atoms with van der Waals surface area (Å²) >= 11 is 0. The highest BCUT2D eigenvalue weighted by Gasteiger charge is 2.46. The lowest BCUT2D eigenvalue weighted by Gasteiger charge is -2.28. The summed E-state index contributed by atoms with van der Waals surface area (Å²) in [6.45, 7) is 2.15. The lowest BCUT2D eigenvalue weighted by atomic mass is 9.61. The van der Waals surface area contributed by atoms with Gasteiger partial charge in [-0.3, -0.25) is 0 Å². The number of hydrogen-bond donors (Lipinski definition) is 2. The highest BCUT2D eigenvalue weighted by atomic mass is 19.1. The van der Waals surface area contributed by atoms with E-state index in [1.807, 2.05) is 24.3 Å². The average molecular weight is 274 g/mol. The maximum Gasteiger partial charge on any atom is 0.496 e. The Morgan fingerprint density at radius 1 is 1.25 bits per heavy atom. The number of allylic oxidation sites excluding steroid dienone is 4. The van der Waals surface area contributed by atoms with Crippen LogP contribution >= 0.6 is 0 Å². The van der Waals surface area contributed by atoms with Crippen molar-refractivity contribution in [3.05, 3.63) is 53.6 Å². The number of hydrogen-bond acceptors (Lipinski definition) is 2. The first-order chi connectivity index (χ1) is 9.58. The van der Waals surface area contributed by atoms with Gasteiger partial charge in [-0.25, -0.2) is 4.39 Å². The molecule has 0 spiro atoms. The van der Waals surface area contributed by atoms with E-state index in [9.17, 15) is 14.4 Å². The Kier molecular flexibility index (Phi) is 4.79. The van der Waals surface area contributed by atoms with Crippen molar-refractivity contribution in [3.63, 3.8) is 0 Å². The molecule has 1 aromatic rings. The summed E-state index contributed by atoms with van der Waals surface area (Å²) in [6, 6.07) is 7.67. The molecule has 1 aliphatic rings. The molecule has 0 radical (unpaired) electrons. The first-order valence-corrected chi connectivity index (χ1v) is 7.09. The van der Waals surface area contributed by atoms with E-state index in [0.29, 0.717) is 11.1 Å². The smallest absolute Gasteiger partial charge is 0.425 e. The number of alkyl halides is 1. The average Bonchev–Trinajstić information content (AvgIpc) is 2.46. The summed E-state index contributed by atoms with van der Waals surface area (Å²) in [7, 11) is -2.02. The Bertz CT molecular complexity index is 508. The largest absolute Gasteiger partial charge is 0.496 e. The van der Waals surface area contributed by atoms with Gasteiger partial charge in [0.15, 0.2) is 5.57 Å². The topological polar surface area (TPSA) is 40.5 Å². The van der Waals surface area contributed by atoms with Crippen LogP contribution in [-0.4, -0.2) is 22.7 Å². The molecular formula is C16H20BFO2. The van der Waals surface area contributed by atoms with Crippen LogP contribution in [0.4, 0.5) is 4.39 Å². The summed E-state index contributed by atoms with van der Waals surface area (Å²) < 4.78 is 14.7. The molecule has 0 fully saturated rings. The fourth-order valence-electron chi connectivity index (χ4n) is 2.46. The highest BCUT2D eigenvalue weighted by molar-refractivity contribution is 6.49. The van der Waals surface area contributed by atoms with Crippen molar-refractivity contribution in [3.8, 4) is 0 Å². The molecule has 1 aliphatic carbocycles. The Morgan fingerprint density at radius 2 is 1.95 bits per heavy atom. The summed E-state index contributed by atoms with van der Waals surface area (Å²) in [5, 5.41) is 18.7. The van der Waals surface area contributed by atoms with E-state index in [-0.39, 0.29) is 6.42 Å². The molecule has 2 rings (SSSR count). The van der Waals surface area contributed by atoms with Gasteiger partial charge in [-0.05, 0) is 29.5 Å². The van der Waals surface area contributed by atoms with Crippen LogP contribution in [0.2, 0.25) is 0 Å². The van der Waals surface area contributed by atoms with Crippen LogP contribution in [0.3, 0.4) is 0 Å². The van der Waals surface area contributed by atoms with Crippen LogP contribution in [0.1, 0.15) is 37.3 Å². The number of aryl methyl sites for hydroxylation is 1. The highest BCUT2D eigenvalue weighted by Crippen LogP contribution is 2.37. The van der Waals surface area contributed by atoms with E-state index < -0.39 is 12.7 Å². The van der Waals surface area contributed by atoms with Crippen LogP contribution in [0.25, 0.3) is 5.57 Å². The van der Waals surface area contributed by atoms with E-state index in [0.717, 1.165) is 19.3 Å². The maximum atomic E-state index is 14.7. The summed E-state index contributed by atoms with van der Waals surface area (Å²) in [4.78, 5) is 0. The normalized spacial score (nSPS) is 21.7. The van der Waals surface area contributed by atoms with Gasteiger partial charge in [-0.15, -0.1) is 0 Å². The third-order valence-corrected chi connectivity index (χ3v) is 3.75. The second-order valence-corrected chi connectivity index (χ2v) is 5.25. The van der Waals surface area contributed by atoms with Crippen molar-refractivity contribution < 1.29 is 14.4 Å². The Hall–Kier alpha value is -1.39. The monoisotopic (exact) mass is 274 g/mol. The van der Waals surface area contributed by atoms with Gasteiger partial charge in [0, 0.05) is 6.42 Å². The third-order valence-electron chi connectivity index (χ3n) is 3.75. The van der Waals surface area contributed by atoms with E-state index in [4.69, 9.17) is 0 Å². The van der Waals surface area contributed by atoms with Gasteiger partial charge < -0.3 is 10.0 Å². The van der Waals surface area contributed by atoms with Crippen LogP contribution in [-0.2, 0) is 6.42 Å². The molecule has 1 unspecified atom stereocenters. The molecule has 1 atom stereocenters. The van der Waals surface area contributed by atoms with Crippen molar-refractivity contribution >= 4 is 12.7 Å². The van der Waals surface area contributed by atoms with E-state index in [1.54, 1.807) is 18.2 Å². The Balaban J connectivity index is 2.25. The van der Waals surface area contributed by atoms with Crippen molar-refractivity contribution in [2.75, 3.05) is 0 Å². The summed E-state index contributed by atoms with van der Waals surface area (Å²) in [5.74, 6) is 0. The van der Waals surface area contributed by atoms with Crippen molar-refractivity contribution in [2.45, 2.75) is 38.2 Å². The van der Waals surface area contributed by atoms with Gasteiger partial charge in [0.25, 0.3) is 0 Å². The maximum absolute atomic E-state index is 14.7. The predicted octanol–water partition coefficient (Wildman–Crippen LogP) is 3.09. The van der Waals surface area contributed by atoms with Gasteiger partial charge in [0.05, 0.1) is 0 Å². The predicted molar refractivity (Wildman–Crippen MR) is 80.8 cm³/mol. The van der Waals surface area contributed by atoms with Gasteiger partial charge in [0.1, 0.15) is 0 Å². The van der Waals surface area contributed by atoms with E-state index in [2.05, 4.69) is 6.92 Å². The fraction of sp³-hybridized carbons (Fsp3) is 0.375. The number of rotatable bonds is 5. The molecule has 0 aromatic heterocycles. The zero-order valence-electron chi connectivity index (χ0n) is 11.7. The van der Waals surface area contributed by atoms with Crippen LogP contribution in [0.15, 0.2) is 42.5 Å². The van der Waals surface area contributed by atoms with E-state index in [1.165, 1.54) is 5.56 Å². The minimum absolute atomic E-state index is 0.0198. The molecule has 0 saturated carbocycles. The molecule has 0 heterocycles. The lowest BCUT2D eigenvalue weighted by Crippen LogP contribution is -2.43. The van der Waals surface area contributed by atoms with Crippen molar-refractivity contribution in [2.24, 2.45) is 0 Å². The summed E-state index contributed by atoms with van der Waals surface area (Å²) in [6.07, 6.45) is 8.24. The molecule has 0 aliphatic heterocycles. The minimum Gasteiger partial charge on any atom is -0.425 e. The fourth-order valence-corrected chi connectivity index (χ4v) is 2.46. The van der Waals surface area contributed by atoms with Crippen LogP contribution in [0.5, 0.6) is 0 Å². The molecule has 106 valence electrons. The van der Waals surface area contributed by atoms with Gasteiger partial charge in [-0.1, -0.05) is 55.8 Å². The molecule has 20 heavy (non-hydrogen) atoms. The molecule has 0 saturated heterocycles.